The molecule has 2 N–H and O–H groups in total. The lowest BCUT2D eigenvalue weighted by molar-refractivity contribution is -0.130. The number of hydrogen-bond acceptors (Lipinski definition) is 3. The lowest BCUT2D eigenvalue weighted by atomic mass is 9.95. The molecule has 0 radical (unpaired) electrons. The molecule has 0 saturated heterocycles. The largest absolute Gasteiger partial charge is 0.336 e. The van der Waals surface area contributed by atoms with Gasteiger partial charge in [0.1, 0.15) is 0 Å². The number of allylic oxidation sites excluding steroid dienone is 1. The van der Waals surface area contributed by atoms with Crippen molar-refractivity contribution in [1.29, 1.82) is 0 Å². The van der Waals surface area contributed by atoms with E-state index in [0.717, 1.165) is 33.8 Å². The Balaban J connectivity index is 2.20. The van der Waals surface area contributed by atoms with Crippen molar-refractivity contribution in [3.8, 4) is 0 Å². The summed E-state index contributed by atoms with van der Waals surface area (Å²) < 4.78 is 1.12. The van der Waals surface area contributed by atoms with Gasteiger partial charge in [-0.2, -0.15) is 0 Å². The molecule has 3 nitrogen and oxygen atoms in total. The Kier molecular flexibility index (Phi) is 4.02. The number of thiophene rings is 1. The molecular formula is C17H19ClN2OS. The highest BCUT2D eigenvalue weighted by molar-refractivity contribution is 7.20. The minimum Gasteiger partial charge on any atom is -0.336 e. The first-order valence-electron chi connectivity index (χ1n) is 7.31. The van der Waals surface area contributed by atoms with Crippen LogP contribution in [-0.4, -0.2) is 23.9 Å². The second-order valence-corrected chi connectivity index (χ2v) is 7.30. The predicted octanol–water partition coefficient (Wildman–Crippen LogP) is 3.74. The predicted molar refractivity (Wildman–Crippen MR) is 94.5 cm³/mol. The number of nitrogens with two attached hydrogens (primary N) is 1. The molecule has 0 saturated carbocycles. The molecule has 0 spiro atoms. The van der Waals surface area contributed by atoms with Crippen LogP contribution in [0.4, 0.5) is 0 Å². The molecule has 1 aliphatic heterocycles. The second kappa shape index (κ2) is 5.69. The Hall–Kier alpha value is -1.36. The maximum absolute atomic E-state index is 11.9. The van der Waals surface area contributed by atoms with Crippen LogP contribution in [0.15, 0.2) is 12.6 Å². The molecule has 1 aromatic carbocycles. The van der Waals surface area contributed by atoms with Gasteiger partial charge in [0.15, 0.2) is 0 Å². The highest BCUT2D eigenvalue weighted by atomic mass is 35.5. The highest BCUT2D eigenvalue weighted by Crippen LogP contribution is 2.43. The van der Waals surface area contributed by atoms with E-state index in [1.165, 1.54) is 21.4 Å². The first kappa shape index (κ1) is 15.5. The lowest BCUT2D eigenvalue weighted by Crippen LogP contribution is -2.39. The average molecular weight is 335 g/mol. The molecule has 0 fully saturated rings. The summed E-state index contributed by atoms with van der Waals surface area (Å²) in [7, 11) is 0. The summed E-state index contributed by atoms with van der Waals surface area (Å²) >= 11 is 8.22. The molecule has 0 bridgehead atoms. The fourth-order valence-corrected chi connectivity index (χ4v) is 4.70. The molecule has 2 heterocycles. The van der Waals surface area contributed by atoms with E-state index in [1.54, 1.807) is 11.3 Å². The van der Waals surface area contributed by atoms with E-state index in [1.807, 2.05) is 18.7 Å². The van der Waals surface area contributed by atoms with Crippen molar-refractivity contribution >= 4 is 44.5 Å². The SMILES string of the molecule is C=C(C)c1cc(C)c(Cl)c2sc3c(c12)CCN(C(=O)CN)C3. The average Bonchev–Trinajstić information content (AvgIpc) is 2.88. The molecule has 1 aliphatic rings. The van der Waals surface area contributed by atoms with Crippen molar-refractivity contribution in [2.75, 3.05) is 13.1 Å². The van der Waals surface area contributed by atoms with Crippen LogP contribution in [0.25, 0.3) is 15.7 Å². The van der Waals surface area contributed by atoms with E-state index >= 15 is 0 Å². The molecule has 3 rings (SSSR count). The summed E-state index contributed by atoms with van der Waals surface area (Å²) in [6, 6.07) is 2.12. The lowest BCUT2D eigenvalue weighted by Gasteiger charge is -2.26. The molecule has 5 heteroatoms. The standard InChI is InChI=1S/C17H19ClN2OS/c1-9(2)12-6-10(3)16(18)17-15(12)11-4-5-20(14(21)7-19)8-13(11)22-17/h6H,1,4-5,7-8,19H2,2-3H3. The van der Waals surface area contributed by atoms with Gasteiger partial charge in [-0.15, -0.1) is 11.3 Å². The normalized spacial score (nSPS) is 14.3. The molecule has 0 unspecified atom stereocenters. The van der Waals surface area contributed by atoms with Crippen molar-refractivity contribution in [3.05, 3.63) is 39.2 Å². The zero-order valence-corrected chi connectivity index (χ0v) is 14.4. The van der Waals surface area contributed by atoms with Crippen molar-refractivity contribution < 1.29 is 4.79 Å². The van der Waals surface area contributed by atoms with Gasteiger partial charge in [-0.05, 0) is 43.0 Å². The Bertz CT molecular complexity index is 794. The van der Waals surface area contributed by atoms with Gasteiger partial charge in [-0.1, -0.05) is 23.8 Å². The minimum atomic E-state index is 0.00510. The number of nitrogens with zero attached hydrogens (tertiary/aromatic N) is 1. The molecule has 1 aromatic heterocycles. The van der Waals surface area contributed by atoms with Crippen molar-refractivity contribution in [3.63, 3.8) is 0 Å². The molecule has 22 heavy (non-hydrogen) atoms. The van der Waals surface area contributed by atoms with Crippen LogP contribution >= 0.6 is 22.9 Å². The van der Waals surface area contributed by atoms with Gasteiger partial charge in [-0.3, -0.25) is 4.79 Å². The molecule has 0 aliphatic carbocycles. The Morgan fingerprint density at radius 2 is 2.27 bits per heavy atom. The van der Waals surface area contributed by atoms with Crippen molar-refractivity contribution in [1.82, 2.24) is 4.90 Å². The number of carbonyl (C=O) groups excluding carboxylic acids is 1. The summed E-state index contributed by atoms with van der Waals surface area (Å²) in [6.07, 6.45) is 0.848. The van der Waals surface area contributed by atoms with Crippen LogP contribution in [-0.2, 0) is 17.8 Å². The van der Waals surface area contributed by atoms with E-state index in [9.17, 15) is 4.79 Å². The second-order valence-electron chi connectivity index (χ2n) is 5.81. The summed E-state index contributed by atoms with van der Waals surface area (Å²) in [6.45, 7) is 9.58. The third-order valence-electron chi connectivity index (χ3n) is 4.22. The Labute approximate surface area is 139 Å². The quantitative estimate of drug-likeness (QED) is 0.909. The van der Waals surface area contributed by atoms with Crippen LogP contribution in [0.1, 0.15) is 28.5 Å². The van der Waals surface area contributed by atoms with Crippen LogP contribution in [0.2, 0.25) is 5.02 Å². The molecular weight excluding hydrogens is 316 g/mol. The van der Waals surface area contributed by atoms with E-state index in [-0.39, 0.29) is 12.5 Å². The number of aryl methyl sites for hydroxylation is 1. The Morgan fingerprint density at radius 3 is 2.91 bits per heavy atom. The number of hydrogen-bond donors (Lipinski definition) is 1. The van der Waals surface area contributed by atoms with E-state index < -0.39 is 0 Å². The Morgan fingerprint density at radius 1 is 1.55 bits per heavy atom. The fraction of sp³-hybridized carbons (Fsp3) is 0.353. The first-order valence-corrected chi connectivity index (χ1v) is 8.50. The van der Waals surface area contributed by atoms with E-state index in [0.29, 0.717) is 6.54 Å². The van der Waals surface area contributed by atoms with Gasteiger partial charge in [0.05, 0.1) is 22.8 Å². The summed E-state index contributed by atoms with van der Waals surface area (Å²) in [5, 5.41) is 2.04. The van der Waals surface area contributed by atoms with Gasteiger partial charge in [-0.25, -0.2) is 0 Å². The van der Waals surface area contributed by atoms with E-state index in [4.69, 9.17) is 17.3 Å². The summed E-state index contributed by atoms with van der Waals surface area (Å²) in [4.78, 5) is 14.9. The van der Waals surface area contributed by atoms with Crippen molar-refractivity contribution in [2.24, 2.45) is 5.73 Å². The molecule has 0 atom stereocenters. The topological polar surface area (TPSA) is 46.3 Å². The molecule has 1 amide bonds. The van der Waals surface area contributed by atoms with Crippen LogP contribution in [0, 0.1) is 6.92 Å². The maximum Gasteiger partial charge on any atom is 0.236 e. The van der Waals surface area contributed by atoms with Crippen LogP contribution < -0.4 is 5.73 Å². The zero-order chi connectivity index (χ0) is 16.0. The highest BCUT2D eigenvalue weighted by Gasteiger charge is 2.26. The third kappa shape index (κ3) is 2.35. The van der Waals surface area contributed by atoms with Gasteiger partial charge < -0.3 is 10.6 Å². The van der Waals surface area contributed by atoms with Gasteiger partial charge in [0.2, 0.25) is 5.91 Å². The van der Waals surface area contributed by atoms with Gasteiger partial charge in [0.25, 0.3) is 0 Å². The monoisotopic (exact) mass is 334 g/mol. The number of rotatable bonds is 2. The number of halogens is 1. The minimum absolute atomic E-state index is 0.00510. The first-order chi connectivity index (χ1) is 10.4. The molecule has 116 valence electrons. The van der Waals surface area contributed by atoms with E-state index in [2.05, 4.69) is 12.6 Å². The zero-order valence-electron chi connectivity index (χ0n) is 12.8. The smallest absolute Gasteiger partial charge is 0.236 e. The fourth-order valence-electron chi connectivity index (χ4n) is 3.05. The third-order valence-corrected chi connectivity index (χ3v) is 6.05. The maximum atomic E-state index is 11.9. The summed E-state index contributed by atoms with van der Waals surface area (Å²) in [5.74, 6) is 0.00510. The number of amides is 1. The number of benzene rings is 1. The van der Waals surface area contributed by atoms with Crippen molar-refractivity contribution in [2.45, 2.75) is 26.8 Å². The molecule has 2 aromatic rings. The number of fused-ring (bicyclic) bond motifs is 3. The van der Waals surface area contributed by atoms with Gasteiger partial charge in [0, 0.05) is 16.8 Å². The van der Waals surface area contributed by atoms with Crippen LogP contribution in [0.3, 0.4) is 0 Å². The van der Waals surface area contributed by atoms with Crippen LogP contribution in [0.5, 0.6) is 0 Å². The summed E-state index contributed by atoms with van der Waals surface area (Å²) in [5.41, 5.74) is 10.1. The van der Waals surface area contributed by atoms with Gasteiger partial charge >= 0.3 is 0 Å². The number of carbonyl (C=O) groups is 1.